The van der Waals surface area contributed by atoms with E-state index in [0.717, 1.165) is 75.7 Å². The molecular weight excluding hydrogens is 919 g/mol. The normalized spacial score (nSPS) is 16.9. The highest BCUT2D eigenvalue weighted by molar-refractivity contribution is 7.22. The fraction of sp³-hybridized carbons (Fsp3) is 0.333. The van der Waals surface area contributed by atoms with Crippen molar-refractivity contribution in [2.75, 3.05) is 48.3 Å². The second kappa shape index (κ2) is 20.1. The number of carboxylic acid groups (broad SMARTS) is 1. The summed E-state index contributed by atoms with van der Waals surface area (Å²) >= 11 is 1.43. The SMILES string of the molecule is Cc1cc(OCC[C@@H](C)C2CCN(CC(=O)Nc3ccc4c(C5CCC(=O)NC5=O)nn(C)c4c3)CC2)ccc1-c1ccc(N2CCc3cccc(C(=O)Nc4nc5ccccc5s4)c3C2)nc1C(=O)O. The van der Waals surface area contributed by atoms with Crippen LogP contribution < -0.4 is 25.6 Å². The zero-order valence-corrected chi connectivity index (χ0v) is 40.7. The van der Waals surface area contributed by atoms with Crippen molar-refractivity contribution in [3.63, 3.8) is 0 Å². The van der Waals surface area contributed by atoms with E-state index in [1.165, 1.54) is 11.3 Å². The number of pyridine rings is 1. The van der Waals surface area contributed by atoms with E-state index in [-0.39, 0.29) is 35.7 Å². The lowest BCUT2D eigenvalue weighted by Gasteiger charge is -2.34. The van der Waals surface area contributed by atoms with Crippen LogP contribution in [0.3, 0.4) is 0 Å². The first-order chi connectivity index (χ1) is 34.3. The topological polar surface area (TPSA) is 201 Å². The Morgan fingerprint density at radius 2 is 1.72 bits per heavy atom. The minimum atomic E-state index is -1.12. The number of nitrogens with one attached hydrogen (secondary N) is 3. The van der Waals surface area contributed by atoms with Crippen molar-refractivity contribution in [1.82, 2.24) is 30.0 Å². The molecule has 4 N–H and O–H groups in total. The number of aromatic carboxylic acids is 1. The summed E-state index contributed by atoms with van der Waals surface area (Å²) in [5.74, 6) is -0.361. The Bertz CT molecular complexity index is 3200. The van der Waals surface area contributed by atoms with Crippen LogP contribution in [0.5, 0.6) is 5.75 Å². The smallest absolute Gasteiger partial charge is 0.355 e. The van der Waals surface area contributed by atoms with Gasteiger partial charge in [-0.25, -0.2) is 14.8 Å². The Kier molecular flexibility index (Phi) is 13.3. The van der Waals surface area contributed by atoms with Gasteiger partial charge in [-0.3, -0.25) is 39.4 Å². The second-order valence-corrected chi connectivity index (χ2v) is 20.0. The maximum absolute atomic E-state index is 13.6. The summed E-state index contributed by atoms with van der Waals surface area (Å²) in [4.78, 5) is 77.2. The number of para-hydroxylation sites is 1. The number of rotatable bonds is 14. The van der Waals surface area contributed by atoms with Crippen molar-refractivity contribution in [3.8, 4) is 16.9 Å². The molecule has 364 valence electrons. The van der Waals surface area contributed by atoms with Crippen LogP contribution in [-0.2, 0) is 34.4 Å². The molecule has 0 bridgehead atoms. The van der Waals surface area contributed by atoms with Crippen molar-refractivity contribution in [2.45, 2.75) is 64.8 Å². The lowest BCUT2D eigenvalue weighted by Crippen LogP contribution is -2.40. The monoisotopic (exact) mass is 973 g/mol. The molecule has 3 aliphatic heterocycles. The molecule has 16 nitrogen and oxygen atoms in total. The largest absolute Gasteiger partial charge is 0.494 e. The number of piperidine rings is 2. The number of ether oxygens (including phenoxy) is 1. The molecule has 7 aromatic rings. The zero-order chi connectivity index (χ0) is 49.3. The van der Waals surface area contributed by atoms with Crippen LogP contribution in [0.1, 0.15) is 88.2 Å². The summed E-state index contributed by atoms with van der Waals surface area (Å²) in [6, 6.07) is 28.5. The maximum atomic E-state index is 13.6. The van der Waals surface area contributed by atoms with Gasteiger partial charge in [0.2, 0.25) is 17.7 Å². The van der Waals surface area contributed by atoms with Crippen molar-refractivity contribution < 1.29 is 33.8 Å². The summed E-state index contributed by atoms with van der Waals surface area (Å²) in [6.07, 6.45) is 4.22. The molecule has 10 rings (SSSR count). The molecule has 2 saturated heterocycles. The van der Waals surface area contributed by atoms with Crippen LogP contribution in [0.25, 0.3) is 32.2 Å². The van der Waals surface area contributed by atoms with Crippen molar-refractivity contribution in [2.24, 2.45) is 18.9 Å². The molecule has 71 heavy (non-hydrogen) atoms. The van der Waals surface area contributed by atoms with Gasteiger partial charge in [0.25, 0.3) is 5.91 Å². The highest BCUT2D eigenvalue weighted by Crippen LogP contribution is 2.35. The van der Waals surface area contributed by atoms with E-state index in [1.807, 2.05) is 103 Å². The predicted octanol–water partition coefficient (Wildman–Crippen LogP) is 8.34. The van der Waals surface area contributed by atoms with E-state index in [0.29, 0.717) is 90.1 Å². The number of fused-ring (bicyclic) bond motifs is 3. The van der Waals surface area contributed by atoms with E-state index in [9.17, 15) is 29.1 Å². The van der Waals surface area contributed by atoms with Crippen LogP contribution in [0.15, 0.2) is 91.0 Å². The van der Waals surface area contributed by atoms with Crippen molar-refractivity contribution in [1.29, 1.82) is 0 Å². The summed E-state index contributed by atoms with van der Waals surface area (Å²) in [5, 5.41) is 24.8. The van der Waals surface area contributed by atoms with Gasteiger partial charge in [-0.2, -0.15) is 5.10 Å². The van der Waals surface area contributed by atoms with Crippen LogP contribution in [-0.4, -0.2) is 92.1 Å². The lowest BCUT2D eigenvalue weighted by atomic mass is 9.84. The molecule has 4 aromatic carbocycles. The average molecular weight is 974 g/mol. The molecule has 3 aromatic heterocycles. The van der Waals surface area contributed by atoms with Gasteiger partial charge in [0.05, 0.1) is 40.5 Å². The highest BCUT2D eigenvalue weighted by atomic mass is 32.1. The molecular formula is C54H55N9O7S. The Balaban J connectivity index is 0.703. The fourth-order valence-corrected chi connectivity index (χ4v) is 11.2. The Hall–Kier alpha value is -7.50. The van der Waals surface area contributed by atoms with Gasteiger partial charge in [0.1, 0.15) is 11.6 Å². The first-order valence-electron chi connectivity index (χ1n) is 24.2. The maximum Gasteiger partial charge on any atom is 0.355 e. The Morgan fingerprint density at radius 3 is 2.51 bits per heavy atom. The van der Waals surface area contributed by atoms with Gasteiger partial charge in [-0.05, 0) is 147 Å². The second-order valence-electron chi connectivity index (χ2n) is 18.9. The number of thiazole rings is 1. The van der Waals surface area contributed by atoms with E-state index in [1.54, 1.807) is 11.7 Å². The standard InChI is InChI=1S/C54H55N9O7S/c1-31(33-19-23-62(24-20-33)30-48(65)55-35-11-13-40-44(28-35)61(3)60-49(40)41-16-18-47(64)58-52(41)67)22-26-70-36-12-14-37(32(2)27-36)38-15-17-46(57-50(38)53(68)69)63-25-21-34-7-6-8-39(42(34)29-63)51(66)59-54-56-43-9-4-5-10-45(43)71-54/h4-15,17,27-28,31,33,41H,16,18-26,29-30H2,1-3H3,(H,55,65)(H,68,69)(H,56,59,66)(H,58,64,67)/t31-,41?/m1/s1. The van der Waals surface area contributed by atoms with Gasteiger partial charge in [0.15, 0.2) is 10.8 Å². The van der Waals surface area contributed by atoms with Crippen LogP contribution >= 0.6 is 11.3 Å². The summed E-state index contributed by atoms with van der Waals surface area (Å²) < 4.78 is 8.95. The van der Waals surface area contributed by atoms with Gasteiger partial charge < -0.3 is 20.1 Å². The molecule has 1 unspecified atom stereocenters. The Morgan fingerprint density at radius 1 is 0.901 bits per heavy atom. The molecule has 4 amide bonds. The average Bonchev–Trinajstić information content (AvgIpc) is 3.92. The van der Waals surface area contributed by atoms with E-state index in [4.69, 9.17) is 9.72 Å². The van der Waals surface area contributed by atoms with Gasteiger partial charge >= 0.3 is 5.97 Å². The molecule has 2 fully saturated rings. The zero-order valence-electron chi connectivity index (χ0n) is 39.9. The molecule has 0 radical (unpaired) electrons. The molecule has 17 heteroatoms. The van der Waals surface area contributed by atoms with Crippen molar-refractivity contribution in [3.05, 3.63) is 125 Å². The number of hydrogen-bond donors (Lipinski definition) is 4. The molecule has 0 spiro atoms. The minimum Gasteiger partial charge on any atom is -0.494 e. The highest BCUT2D eigenvalue weighted by Gasteiger charge is 2.32. The van der Waals surface area contributed by atoms with Gasteiger partial charge in [-0.1, -0.05) is 48.6 Å². The number of amides is 4. The summed E-state index contributed by atoms with van der Waals surface area (Å²) in [5.41, 5.74) is 7.54. The third-order valence-corrected chi connectivity index (χ3v) is 15.3. The number of aryl methyl sites for hydroxylation is 2. The first-order valence-corrected chi connectivity index (χ1v) is 25.0. The number of hydrogen-bond acceptors (Lipinski definition) is 12. The number of imide groups is 1. The number of carbonyl (C=O) groups excluding carboxylic acids is 4. The number of nitrogens with zero attached hydrogens (tertiary/aromatic N) is 6. The van der Waals surface area contributed by atoms with E-state index < -0.39 is 11.9 Å². The third kappa shape index (κ3) is 10.1. The molecule has 2 atom stereocenters. The van der Waals surface area contributed by atoms with Crippen molar-refractivity contribution >= 4 is 78.7 Å². The quantitative estimate of drug-likeness (QED) is 0.0761. The minimum absolute atomic E-state index is 0.0430. The van der Waals surface area contributed by atoms with Crippen LogP contribution in [0.2, 0.25) is 0 Å². The van der Waals surface area contributed by atoms with Gasteiger partial charge in [0, 0.05) is 48.8 Å². The van der Waals surface area contributed by atoms with E-state index in [2.05, 4.69) is 37.9 Å². The molecule has 0 aliphatic carbocycles. The first kappa shape index (κ1) is 47.2. The predicted molar refractivity (Wildman–Crippen MR) is 273 cm³/mol. The van der Waals surface area contributed by atoms with Crippen LogP contribution in [0, 0.1) is 18.8 Å². The molecule has 6 heterocycles. The molecule has 0 saturated carbocycles. The number of likely N-dealkylation sites (tertiary alicyclic amines) is 1. The van der Waals surface area contributed by atoms with Gasteiger partial charge in [-0.15, -0.1) is 0 Å². The number of carboxylic acids is 1. The third-order valence-electron chi connectivity index (χ3n) is 14.3. The number of benzene rings is 4. The number of anilines is 3. The van der Waals surface area contributed by atoms with Crippen LogP contribution in [0.4, 0.5) is 16.6 Å². The number of aromatic nitrogens is 4. The summed E-state index contributed by atoms with van der Waals surface area (Å²) in [7, 11) is 1.81. The number of carbonyl (C=O) groups is 5. The summed E-state index contributed by atoms with van der Waals surface area (Å²) in [6.45, 7) is 7.72. The fourth-order valence-electron chi connectivity index (χ4n) is 10.4. The molecule has 3 aliphatic rings. The van der Waals surface area contributed by atoms with E-state index >= 15 is 0 Å². The lowest BCUT2D eigenvalue weighted by molar-refractivity contribution is -0.134. The Labute approximate surface area is 414 Å².